The molecule has 10 heteroatoms. The molecule has 0 radical (unpaired) electrons. The number of aliphatic hydroxyl groups excluding tert-OH is 1. The number of aliphatic hydroxyl groups is 1. The van der Waals surface area contributed by atoms with E-state index in [0.717, 1.165) is 6.07 Å². The van der Waals surface area contributed by atoms with E-state index in [9.17, 15) is 17.9 Å². The zero-order chi connectivity index (χ0) is 20.5. The average molecular weight is 445 g/mol. The van der Waals surface area contributed by atoms with Crippen LogP contribution in [-0.4, -0.2) is 44.1 Å². The largest absolute Gasteiger partial charge is 0.493 e. The van der Waals surface area contributed by atoms with Gasteiger partial charge in [0.2, 0.25) is 10.0 Å². The van der Waals surface area contributed by atoms with Gasteiger partial charge in [-0.15, -0.1) is 0 Å². The van der Waals surface area contributed by atoms with E-state index in [4.69, 9.17) is 33.2 Å². The van der Waals surface area contributed by atoms with Crippen molar-refractivity contribution in [2.75, 3.05) is 26.3 Å². The van der Waals surface area contributed by atoms with E-state index in [1.54, 1.807) is 6.07 Å². The van der Waals surface area contributed by atoms with Crippen LogP contribution in [0.1, 0.15) is 5.56 Å². The predicted molar refractivity (Wildman–Crippen MR) is 101 cm³/mol. The lowest BCUT2D eigenvalue weighted by atomic mass is 9.83. The van der Waals surface area contributed by atoms with Crippen LogP contribution in [0.5, 0.6) is 5.75 Å². The maximum absolute atomic E-state index is 13.7. The van der Waals surface area contributed by atoms with Crippen LogP contribution < -0.4 is 4.74 Å². The molecule has 0 bridgehead atoms. The molecule has 1 aliphatic heterocycles. The number of ether oxygens (including phenoxy) is 1. The Bertz CT molecular complexity index is 1030. The van der Waals surface area contributed by atoms with Gasteiger partial charge in [0.15, 0.2) is 0 Å². The second-order valence-electron chi connectivity index (χ2n) is 6.58. The van der Waals surface area contributed by atoms with Gasteiger partial charge in [-0.1, -0.05) is 23.2 Å². The Labute approximate surface area is 171 Å². The van der Waals surface area contributed by atoms with Gasteiger partial charge in [0.1, 0.15) is 17.6 Å². The molecule has 6 nitrogen and oxygen atoms in total. The minimum absolute atomic E-state index is 0.0167. The molecule has 1 heterocycles. The van der Waals surface area contributed by atoms with E-state index < -0.39 is 21.3 Å². The summed E-state index contributed by atoms with van der Waals surface area (Å²) in [7, 11) is -3.83. The van der Waals surface area contributed by atoms with Gasteiger partial charge in [-0.05, 0) is 30.3 Å². The minimum Gasteiger partial charge on any atom is -0.493 e. The first-order chi connectivity index (χ1) is 13.2. The molecule has 1 fully saturated rings. The van der Waals surface area contributed by atoms with Gasteiger partial charge >= 0.3 is 0 Å². The van der Waals surface area contributed by atoms with Crippen molar-refractivity contribution in [2.45, 2.75) is 4.90 Å². The molecule has 0 aliphatic carbocycles. The fourth-order valence-corrected chi connectivity index (χ4v) is 5.24. The van der Waals surface area contributed by atoms with Crippen LogP contribution in [0.15, 0.2) is 41.3 Å². The van der Waals surface area contributed by atoms with E-state index in [-0.39, 0.29) is 52.6 Å². The molecule has 0 unspecified atom stereocenters. The van der Waals surface area contributed by atoms with Gasteiger partial charge in [-0.2, -0.15) is 9.57 Å². The Morgan fingerprint density at radius 1 is 1.21 bits per heavy atom. The second-order valence-corrected chi connectivity index (χ2v) is 9.39. The number of rotatable bonds is 6. The van der Waals surface area contributed by atoms with Crippen LogP contribution in [-0.2, 0) is 10.0 Å². The molecule has 3 rings (SSSR count). The number of nitrogens with zero attached hydrogens (tertiary/aromatic N) is 2. The molecule has 1 saturated heterocycles. The third-order valence-corrected chi connectivity index (χ3v) is 6.64. The molecule has 0 atom stereocenters. The lowest BCUT2D eigenvalue weighted by Gasteiger charge is -2.47. The molecule has 2 aromatic carbocycles. The summed E-state index contributed by atoms with van der Waals surface area (Å²) in [6.45, 7) is -0.283. The second kappa shape index (κ2) is 7.85. The molecule has 2 aromatic rings. The first kappa shape index (κ1) is 20.8. The smallest absolute Gasteiger partial charge is 0.243 e. The zero-order valence-electron chi connectivity index (χ0n) is 14.4. The van der Waals surface area contributed by atoms with Gasteiger partial charge in [-0.3, -0.25) is 0 Å². The molecular formula is C18H15Cl2FN2O4S. The third kappa shape index (κ3) is 4.09. The number of halogens is 3. The Morgan fingerprint density at radius 3 is 2.39 bits per heavy atom. The minimum atomic E-state index is -3.83. The molecule has 148 valence electrons. The van der Waals surface area contributed by atoms with E-state index in [2.05, 4.69) is 0 Å². The quantitative estimate of drug-likeness (QED) is 0.738. The Balaban J connectivity index is 1.69. The first-order valence-electron chi connectivity index (χ1n) is 8.09. The molecule has 0 spiro atoms. The number of benzene rings is 2. The average Bonchev–Trinajstić information content (AvgIpc) is 2.60. The highest BCUT2D eigenvalue weighted by atomic mass is 35.5. The van der Waals surface area contributed by atoms with Crippen molar-refractivity contribution in [3.05, 3.63) is 57.8 Å². The van der Waals surface area contributed by atoms with Gasteiger partial charge in [0, 0.05) is 29.2 Å². The highest BCUT2D eigenvalue weighted by Crippen LogP contribution is 2.36. The molecular weight excluding hydrogens is 430 g/mol. The van der Waals surface area contributed by atoms with Crippen molar-refractivity contribution in [2.24, 2.45) is 5.41 Å². The summed E-state index contributed by atoms with van der Waals surface area (Å²) in [6, 6.07) is 9.55. The lowest BCUT2D eigenvalue weighted by molar-refractivity contribution is -0.0273. The van der Waals surface area contributed by atoms with Crippen molar-refractivity contribution in [3.63, 3.8) is 0 Å². The van der Waals surface area contributed by atoms with Crippen molar-refractivity contribution < 1.29 is 22.7 Å². The fourth-order valence-electron chi connectivity index (χ4n) is 2.85. The SMILES string of the molecule is N#Cc1ccc(OCC2(CO)CN(S(=O)(=O)c3cc(Cl)cc(Cl)c3)C2)cc1F. The summed E-state index contributed by atoms with van der Waals surface area (Å²) < 4.78 is 45.8. The van der Waals surface area contributed by atoms with E-state index in [1.165, 1.54) is 34.6 Å². The van der Waals surface area contributed by atoms with Crippen molar-refractivity contribution >= 4 is 33.2 Å². The summed E-state index contributed by atoms with van der Waals surface area (Å²) in [5, 5.41) is 18.9. The molecule has 28 heavy (non-hydrogen) atoms. The zero-order valence-corrected chi connectivity index (χ0v) is 16.7. The number of nitriles is 1. The standard InChI is InChI=1S/C18H15Cl2FN2O4S/c19-13-3-14(20)5-16(4-13)28(25,26)23-8-18(9-23,10-24)11-27-15-2-1-12(7-22)17(21)6-15/h1-6,24H,8-11H2. The monoisotopic (exact) mass is 444 g/mol. The van der Waals surface area contributed by atoms with Crippen LogP contribution in [0, 0.1) is 22.6 Å². The Morgan fingerprint density at radius 2 is 1.86 bits per heavy atom. The van der Waals surface area contributed by atoms with Gasteiger partial charge in [-0.25, -0.2) is 12.8 Å². The van der Waals surface area contributed by atoms with Gasteiger partial charge in [0.05, 0.1) is 29.1 Å². The van der Waals surface area contributed by atoms with Crippen molar-refractivity contribution in [3.8, 4) is 11.8 Å². The highest BCUT2D eigenvalue weighted by Gasteiger charge is 2.49. The fraction of sp³-hybridized carbons (Fsp3) is 0.278. The van der Waals surface area contributed by atoms with Crippen molar-refractivity contribution in [1.82, 2.24) is 4.31 Å². The molecule has 0 saturated carbocycles. The number of hydrogen-bond acceptors (Lipinski definition) is 5. The first-order valence-corrected chi connectivity index (χ1v) is 10.3. The van der Waals surface area contributed by atoms with Gasteiger partial charge < -0.3 is 9.84 Å². The molecule has 1 N–H and O–H groups in total. The van der Waals surface area contributed by atoms with E-state index in [1.807, 2.05) is 0 Å². The summed E-state index contributed by atoms with van der Waals surface area (Å²) in [6.07, 6.45) is 0. The predicted octanol–water partition coefficient (Wildman–Crippen LogP) is 3.07. The van der Waals surface area contributed by atoms with E-state index >= 15 is 0 Å². The normalized spacial score (nSPS) is 16.2. The molecule has 1 aliphatic rings. The maximum Gasteiger partial charge on any atom is 0.243 e. The lowest BCUT2D eigenvalue weighted by Crippen LogP contribution is -2.62. The number of sulfonamides is 1. The summed E-state index contributed by atoms with van der Waals surface area (Å²) in [5.74, 6) is -0.527. The molecule has 0 amide bonds. The van der Waals surface area contributed by atoms with Crippen LogP contribution >= 0.6 is 23.2 Å². The maximum atomic E-state index is 13.7. The van der Waals surface area contributed by atoms with Gasteiger partial charge in [0.25, 0.3) is 0 Å². The molecule has 0 aromatic heterocycles. The van der Waals surface area contributed by atoms with E-state index in [0.29, 0.717) is 0 Å². The topological polar surface area (TPSA) is 90.6 Å². The van der Waals surface area contributed by atoms with Crippen LogP contribution in [0.25, 0.3) is 0 Å². The number of hydrogen-bond donors (Lipinski definition) is 1. The third-order valence-electron chi connectivity index (χ3n) is 4.44. The Kier molecular flexibility index (Phi) is 5.84. The summed E-state index contributed by atoms with van der Waals surface area (Å²) >= 11 is 11.8. The highest BCUT2D eigenvalue weighted by molar-refractivity contribution is 7.89. The van der Waals surface area contributed by atoms with Crippen LogP contribution in [0.3, 0.4) is 0 Å². The van der Waals surface area contributed by atoms with Crippen molar-refractivity contribution in [1.29, 1.82) is 5.26 Å². The Hall–Kier alpha value is -1.89. The summed E-state index contributed by atoms with van der Waals surface area (Å²) in [4.78, 5) is -0.0355. The van der Waals surface area contributed by atoms with Crippen LogP contribution in [0.4, 0.5) is 4.39 Å². The van der Waals surface area contributed by atoms with Crippen LogP contribution in [0.2, 0.25) is 10.0 Å². The summed E-state index contributed by atoms with van der Waals surface area (Å²) in [5.41, 5.74) is -0.926.